The van der Waals surface area contributed by atoms with Gasteiger partial charge in [-0.3, -0.25) is 4.79 Å². The fraction of sp³-hybridized carbons (Fsp3) is 0.593. The minimum absolute atomic E-state index is 0.0705. The highest BCUT2D eigenvalue weighted by Gasteiger charge is 2.61. The Morgan fingerprint density at radius 2 is 1.97 bits per heavy atom. The van der Waals surface area contributed by atoms with Crippen LogP contribution in [0.1, 0.15) is 54.4 Å². The van der Waals surface area contributed by atoms with Crippen LogP contribution >= 0.6 is 0 Å². The number of aromatic nitrogens is 2. The van der Waals surface area contributed by atoms with Crippen LogP contribution in [0.3, 0.4) is 0 Å². The molecular weight excluding hydrogens is 426 g/mol. The highest BCUT2D eigenvalue weighted by atomic mass is 16.5. The summed E-state index contributed by atoms with van der Waals surface area (Å²) in [4.78, 5) is 28.0. The SMILES string of the molecule is Cc1cc(C(=O)N2[C@H]3CCC[C@H]4N[C@@H](Cc5ccccc5)[C@@H]2C[C@@]34C)nc(N2CCOCC2)n1. The summed E-state index contributed by atoms with van der Waals surface area (Å²) in [6.45, 7) is 7.22. The van der Waals surface area contributed by atoms with Gasteiger partial charge in [0.25, 0.3) is 5.91 Å². The number of ether oxygens (including phenoxy) is 1. The lowest BCUT2D eigenvalue weighted by molar-refractivity contribution is 0.0553. The number of morpholine rings is 1. The molecule has 7 heteroatoms. The second-order valence-corrected chi connectivity index (χ2v) is 10.7. The topological polar surface area (TPSA) is 70.6 Å². The summed E-state index contributed by atoms with van der Waals surface area (Å²) in [6, 6.07) is 13.7. The molecule has 7 nitrogen and oxygen atoms in total. The molecular formula is C27H35N5O2. The van der Waals surface area contributed by atoms with Gasteiger partial charge < -0.3 is 19.9 Å². The van der Waals surface area contributed by atoms with Gasteiger partial charge in [-0.25, -0.2) is 9.97 Å². The fourth-order valence-electron chi connectivity index (χ4n) is 6.96. The predicted molar refractivity (Wildman–Crippen MR) is 131 cm³/mol. The number of nitrogens with zero attached hydrogens (tertiary/aromatic N) is 4. The summed E-state index contributed by atoms with van der Waals surface area (Å²) in [6.07, 6.45) is 5.44. The van der Waals surface area contributed by atoms with Crippen molar-refractivity contribution >= 4 is 11.9 Å². The Balaban J connectivity index is 1.34. The molecule has 1 aliphatic carbocycles. The Kier molecular flexibility index (Phi) is 5.57. The highest BCUT2D eigenvalue weighted by Crippen LogP contribution is 2.53. The van der Waals surface area contributed by atoms with Gasteiger partial charge in [-0.1, -0.05) is 37.3 Å². The number of amides is 1. The zero-order chi connectivity index (χ0) is 23.3. The first kappa shape index (κ1) is 22.0. The van der Waals surface area contributed by atoms with E-state index in [1.807, 2.05) is 13.0 Å². The number of fused-ring (bicyclic) bond motifs is 1. The van der Waals surface area contributed by atoms with E-state index in [4.69, 9.17) is 9.72 Å². The number of piperidine rings is 1. The number of aryl methyl sites for hydroxylation is 1. The van der Waals surface area contributed by atoms with Crippen LogP contribution in [0.2, 0.25) is 0 Å². The normalized spacial score (nSPS) is 32.6. The van der Waals surface area contributed by atoms with Crippen molar-refractivity contribution in [2.24, 2.45) is 5.41 Å². The van der Waals surface area contributed by atoms with Gasteiger partial charge in [0.1, 0.15) is 5.69 Å². The van der Waals surface area contributed by atoms with Gasteiger partial charge in [-0.15, -0.1) is 0 Å². The maximum atomic E-state index is 14.2. The van der Waals surface area contributed by atoms with Crippen LogP contribution in [-0.4, -0.2) is 71.2 Å². The summed E-state index contributed by atoms with van der Waals surface area (Å²) in [5.41, 5.74) is 2.82. The van der Waals surface area contributed by atoms with Crippen LogP contribution in [0.4, 0.5) is 5.95 Å². The van der Waals surface area contributed by atoms with Crippen molar-refractivity contribution in [3.05, 3.63) is 53.3 Å². The highest BCUT2D eigenvalue weighted by molar-refractivity contribution is 5.93. The van der Waals surface area contributed by atoms with E-state index in [0.29, 0.717) is 30.9 Å². The van der Waals surface area contributed by atoms with Crippen molar-refractivity contribution in [3.63, 3.8) is 0 Å². The Morgan fingerprint density at radius 3 is 2.76 bits per heavy atom. The van der Waals surface area contributed by atoms with E-state index >= 15 is 0 Å². The molecule has 4 heterocycles. The van der Waals surface area contributed by atoms with Gasteiger partial charge in [0.2, 0.25) is 5.95 Å². The number of likely N-dealkylation sites (tertiary alicyclic amines) is 1. The molecule has 1 saturated carbocycles. The third kappa shape index (κ3) is 3.69. The molecule has 3 saturated heterocycles. The van der Waals surface area contributed by atoms with E-state index in [9.17, 15) is 4.79 Å². The van der Waals surface area contributed by atoms with Crippen LogP contribution in [-0.2, 0) is 11.2 Å². The number of hydrogen-bond donors (Lipinski definition) is 1. The number of hydrogen-bond acceptors (Lipinski definition) is 6. The zero-order valence-corrected chi connectivity index (χ0v) is 20.2. The number of rotatable bonds is 4. The average molecular weight is 462 g/mol. The molecule has 4 aliphatic rings. The smallest absolute Gasteiger partial charge is 0.273 e. The van der Waals surface area contributed by atoms with Gasteiger partial charge in [0, 0.05) is 48.4 Å². The maximum absolute atomic E-state index is 14.2. The number of carbonyl (C=O) groups excluding carboxylic acids is 1. The molecule has 0 unspecified atom stereocenters. The van der Waals surface area contributed by atoms with E-state index in [1.165, 1.54) is 12.0 Å². The second-order valence-electron chi connectivity index (χ2n) is 10.7. The van der Waals surface area contributed by atoms with Gasteiger partial charge in [-0.2, -0.15) is 0 Å². The van der Waals surface area contributed by atoms with Crippen LogP contribution < -0.4 is 10.2 Å². The molecule has 1 aromatic heterocycles. The van der Waals surface area contributed by atoms with Gasteiger partial charge in [0.05, 0.1) is 13.2 Å². The molecule has 0 radical (unpaired) electrons. The molecule has 5 atom stereocenters. The lowest BCUT2D eigenvalue weighted by atomic mass is 9.65. The van der Waals surface area contributed by atoms with Crippen molar-refractivity contribution in [2.45, 2.75) is 70.1 Å². The Morgan fingerprint density at radius 1 is 1.18 bits per heavy atom. The van der Waals surface area contributed by atoms with Crippen molar-refractivity contribution in [3.8, 4) is 0 Å². The van der Waals surface area contributed by atoms with Crippen molar-refractivity contribution in [2.75, 3.05) is 31.2 Å². The number of nitrogens with one attached hydrogen (secondary N) is 1. The van der Waals surface area contributed by atoms with Crippen molar-refractivity contribution in [1.29, 1.82) is 0 Å². The molecule has 1 aromatic carbocycles. The maximum Gasteiger partial charge on any atom is 0.273 e. The lowest BCUT2D eigenvalue weighted by Gasteiger charge is -2.46. The van der Waals surface area contributed by atoms with Crippen LogP contribution in [0, 0.1) is 12.3 Å². The third-order valence-electron chi connectivity index (χ3n) is 8.64. The molecule has 6 rings (SSSR count). The quantitative estimate of drug-likeness (QED) is 0.755. The minimum atomic E-state index is 0.0705. The standard InChI is InChI=1S/C27H35N5O2/c1-18-15-21(30-26(28-18)31-11-13-34-14-12-31)25(33)32-22-17-27(2)23(9-6-10-24(27)32)29-20(22)16-19-7-4-3-5-8-19/h3-5,7-8,15,20,22-24,29H,6,9-14,16-17H2,1-2H3/t20-,22-,23+,24-,27+/m0/s1. The molecule has 34 heavy (non-hydrogen) atoms. The Bertz CT molecular complexity index is 1060. The van der Waals surface area contributed by atoms with Gasteiger partial charge >= 0.3 is 0 Å². The molecule has 2 bridgehead atoms. The molecule has 4 fully saturated rings. The number of benzene rings is 1. The zero-order valence-electron chi connectivity index (χ0n) is 20.2. The Hall–Kier alpha value is -2.51. The second kappa shape index (κ2) is 8.61. The van der Waals surface area contributed by atoms with Crippen LogP contribution in [0.25, 0.3) is 0 Å². The van der Waals surface area contributed by atoms with Gasteiger partial charge in [0.15, 0.2) is 0 Å². The molecule has 3 aliphatic heterocycles. The van der Waals surface area contributed by atoms with Crippen molar-refractivity contribution in [1.82, 2.24) is 20.2 Å². The summed E-state index contributed by atoms with van der Waals surface area (Å²) >= 11 is 0. The van der Waals surface area contributed by atoms with E-state index in [1.54, 1.807) is 0 Å². The number of carbonyl (C=O) groups is 1. The molecule has 1 amide bonds. The van der Waals surface area contributed by atoms with Crippen LogP contribution in [0.5, 0.6) is 0 Å². The van der Waals surface area contributed by atoms with E-state index in [0.717, 1.165) is 44.5 Å². The van der Waals surface area contributed by atoms with Crippen LogP contribution in [0.15, 0.2) is 36.4 Å². The monoisotopic (exact) mass is 461 g/mol. The molecule has 180 valence electrons. The van der Waals surface area contributed by atoms with E-state index < -0.39 is 0 Å². The first-order valence-corrected chi connectivity index (χ1v) is 12.8. The third-order valence-corrected chi connectivity index (χ3v) is 8.64. The lowest BCUT2D eigenvalue weighted by Crippen LogP contribution is -2.58. The summed E-state index contributed by atoms with van der Waals surface area (Å²) < 4.78 is 5.50. The summed E-state index contributed by atoms with van der Waals surface area (Å²) in [5, 5.41) is 4.00. The summed E-state index contributed by atoms with van der Waals surface area (Å²) in [5.74, 6) is 0.724. The fourth-order valence-corrected chi connectivity index (χ4v) is 6.96. The van der Waals surface area contributed by atoms with E-state index in [2.05, 4.69) is 57.4 Å². The van der Waals surface area contributed by atoms with E-state index in [-0.39, 0.29) is 29.4 Å². The minimum Gasteiger partial charge on any atom is -0.378 e. The molecule has 2 aromatic rings. The Labute approximate surface area is 201 Å². The first-order valence-electron chi connectivity index (χ1n) is 12.8. The molecule has 1 N–H and O–H groups in total. The number of anilines is 1. The first-order chi connectivity index (χ1) is 16.5. The largest absolute Gasteiger partial charge is 0.378 e. The van der Waals surface area contributed by atoms with Gasteiger partial charge in [-0.05, 0) is 50.7 Å². The average Bonchev–Trinajstić information content (AvgIpc) is 3.17. The summed E-state index contributed by atoms with van der Waals surface area (Å²) in [7, 11) is 0. The predicted octanol–water partition coefficient (Wildman–Crippen LogP) is 2.98. The molecule has 0 spiro atoms. The van der Waals surface area contributed by atoms with Crippen molar-refractivity contribution < 1.29 is 9.53 Å².